The summed E-state index contributed by atoms with van der Waals surface area (Å²) in [4.78, 5) is 28.1. The van der Waals surface area contributed by atoms with Crippen LogP contribution >= 0.6 is 11.8 Å². The number of amides is 2. The molecule has 2 heterocycles. The van der Waals surface area contributed by atoms with Gasteiger partial charge in [0, 0.05) is 23.0 Å². The van der Waals surface area contributed by atoms with Gasteiger partial charge >= 0.3 is 0 Å². The van der Waals surface area contributed by atoms with Gasteiger partial charge in [0.05, 0.1) is 0 Å². The van der Waals surface area contributed by atoms with Crippen molar-refractivity contribution in [2.24, 2.45) is 0 Å². The lowest BCUT2D eigenvalue weighted by atomic mass is 9.90. The van der Waals surface area contributed by atoms with Crippen molar-refractivity contribution in [2.75, 3.05) is 12.0 Å². The second kappa shape index (κ2) is 7.30. The lowest BCUT2D eigenvalue weighted by molar-refractivity contribution is -0.137. The Morgan fingerprint density at radius 1 is 1.17 bits per heavy atom. The van der Waals surface area contributed by atoms with Gasteiger partial charge in [0.2, 0.25) is 11.8 Å². The first kappa shape index (κ1) is 16.9. The van der Waals surface area contributed by atoms with Crippen LogP contribution in [0.25, 0.3) is 10.9 Å². The van der Waals surface area contributed by atoms with E-state index in [4.69, 9.17) is 0 Å². The summed E-state index contributed by atoms with van der Waals surface area (Å²) in [7, 11) is 0. The smallest absolute Gasteiger partial charge is 0.243 e. The van der Waals surface area contributed by atoms with E-state index in [1.54, 1.807) is 11.8 Å². The Morgan fingerprint density at radius 3 is 2.75 bits per heavy atom. The molecule has 6 heteroatoms. The van der Waals surface area contributed by atoms with Crippen LogP contribution in [0.3, 0.4) is 0 Å². The normalized spacial score (nSPS) is 22.2. The Balaban J connectivity index is 1.73. The maximum Gasteiger partial charge on any atom is 0.243 e. The van der Waals surface area contributed by atoms with Gasteiger partial charge in [-0.05, 0) is 36.5 Å². The fourth-order valence-corrected chi connectivity index (χ4v) is 3.74. The van der Waals surface area contributed by atoms with Gasteiger partial charge in [0.25, 0.3) is 0 Å². The predicted molar refractivity (Wildman–Crippen MR) is 98.2 cm³/mol. The van der Waals surface area contributed by atoms with Crippen LogP contribution in [0.4, 0.5) is 0 Å². The second-order valence-corrected chi connectivity index (χ2v) is 7.25. The quantitative estimate of drug-likeness (QED) is 0.704. The molecule has 2 amide bonds. The molecule has 1 aromatic heterocycles. The van der Waals surface area contributed by atoms with E-state index in [-0.39, 0.29) is 17.7 Å². The number of aromatic amines is 1. The first-order valence-corrected chi connectivity index (χ1v) is 9.67. The molecule has 1 aliphatic heterocycles. The van der Waals surface area contributed by atoms with Gasteiger partial charge in [0.1, 0.15) is 12.1 Å². The van der Waals surface area contributed by atoms with Crippen molar-refractivity contribution in [1.82, 2.24) is 15.6 Å². The number of carbonyl (C=O) groups is 2. The van der Waals surface area contributed by atoms with Crippen LogP contribution in [0.1, 0.15) is 31.2 Å². The molecule has 1 unspecified atom stereocenters. The highest BCUT2D eigenvalue weighted by atomic mass is 32.2. The van der Waals surface area contributed by atoms with Crippen LogP contribution < -0.4 is 10.6 Å². The standard InChI is InChI=1S/C18H23N3O2S/c1-11(13-10-19-14-7-4-3-6-12(13)14)16-18(23)20-15(17(22)21-16)8-5-9-24-2/h3-4,6-7,10-11,15-16,19H,5,8-9H2,1-2H3,(H,20,23)(H,21,22)/t11?,15-,16-/m1/s1. The molecule has 2 aromatic rings. The van der Waals surface area contributed by atoms with Gasteiger partial charge < -0.3 is 15.6 Å². The molecule has 0 bridgehead atoms. The van der Waals surface area contributed by atoms with E-state index in [2.05, 4.69) is 15.6 Å². The third-order valence-corrected chi connectivity index (χ3v) is 5.36. The molecule has 3 N–H and O–H groups in total. The summed E-state index contributed by atoms with van der Waals surface area (Å²) in [5, 5.41) is 6.91. The summed E-state index contributed by atoms with van der Waals surface area (Å²) < 4.78 is 0. The molecule has 0 aliphatic carbocycles. The van der Waals surface area contributed by atoms with Crippen molar-refractivity contribution in [3.63, 3.8) is 0 Å². The Morgan fingerprint density at radius 2 is 1.96 bits per heavy atom. The number of hydrogen-bond donors (Lipinski definition) is 3. The number of para-hydroxylation sites is 1. The lowest BCUT2D eigenvalue weighted by Crippen LogP contribution is -2.63. The van der Waals surface area contributed by atoms with Gasteiger partial charge in [-0.3, -0.25) is 9.59 Å². The maximum atomic E-state index is 12.5. The molecule has 0 saturated carbocycles. The number of hydrogen-bond acceptors (Lipinski definition) is 3. The number of rotatable bonds is 6. The molecule has 1 aromatic carbocycles. The number of piperazine rings is 1. The molecule has 3 atom stereocenters. The molecular weight excluding hydrogens is 322 g/mol. The Labute approximate surface area is 146 Å². The van der Waals surface area contributed by atoms with Gasteiger partial charge in [-0.1, -0.05) is 25.1 Å². The zero-order chi connectivity index (χ0) is 17.1. The van der Waals surface area contributed by atoms with Crippen LogP contribution in [0, 0.1) is 0 Å². The summed E-state index contributed by atoms with van der Waals surface area (Å²) in [6.45, 7) is 1.98. The molecule has 128 valence electrons. The number of fused-ring (bicyclic) bond motifs is 1. The minimum absolute atomic E-state index is 0.0765. The van der Waals surface area contributed by atoms with E-state index in [1.165, 1.54) is 0 Å². The van der Waals surface area contributed by atoms with Crippen molar-refractivity contribution in [3.8, 4) is 0 Å². The van der Waals surface area contributed by atoms with Crippen LogP contribution in [0.15, 0.2) is 30.5 Å². The van der Waals surface area contributed by atoms with Crippen molar-refractivity contribution in [3.05, 3.63) is 36.0 Å². The van der Waals surface area contributed by atoms with E-state index in [0.29, 0.717) is 6.42 Å². The molecule has 1 aliphatic rings. The average Bonchev–Trinajstić information content (AvgIpc) is 3.01. The monoisotopic (exact) mass is 345 g/mol. The van der Waals surface area contributed by atoms with Gasteiger partial charge in [0.15, 0.2) is 0 Å². The summed E-state index contributed by atoms with van der Waals surface area (Å²) in [5.41, 5.74) is 2.09. The topological polar surface area (TPSA) is 74.0 Å². The number of nitrogens with one attached hydrogen (secondary N) is 3. The Bertz CT molecular complexity index is 743. The molecule has 5 nitrogen and oxygen atoms in total. The van der Waals surface area contributed by atoms with E-state index >= 15 is 0 Å². The van der Waals surface area contributed by atoms with E-state index in [0.717, 1.165) is 28.6 Å². The summed E-state index contributed by atoms with van der Waals surface area (Å²) in [6, 6.07) is 7.05. The van der Waals surface area contributed by atoms with Gasteiger partial charge in [-0.15, -0.1) is 0 Å². The molecule has 1 fully saturated rings. The zero-order valence-electron chi connectivity index (χ0n) is 14.0. The van der Waals surface area contributed by atoms with E-state index in [9.17, 15) is 9.59 Å². The molecule has 0 spiro atoms. The van der Waals surface area contributed by atoms with Crippen molar-refractivity contribution in [1.29, 1.82) is 0 Å². The number of carbonyl (C=O) groups excluding carboxylic acids is 2. The average molecular weight is 345 g/mol. The second-order valence-electron chi connectivity index (χ2n) is 6.26. The maximum absolute atomic E-state index is 12.5. The minimum Gasteiger partial charge on any atom is -0.361 e. The number of benzene rings is 1. The number of H-pyrrole nitrogens is 1. The van der Waals surface area contributed by atoms with E-state index < -0.39 is 12.1 Å². The predicted octanol–water partition coefficient (Wildman–Crippen LogP) is 2.40. The Hall–Kier alpha value is -1.95. The SMILES string of the molecule is CSCCC[C@H]1NC(=O)[C@@H](C(C)c2c[nH]c3ccccc23)NC1=O. The summed E-state index contributed by atoms with van der Waals surface area (Å²) >= 11 is 1.75. The minimum atomic E-state index is -0.534. The van der Waals surface area contributed by atoms with Crippen LogP contribution in [0.5, 0.6) is 0 Å². The molecular formula is C18H23N3O2S. The molecule has 24 heavy (non-hydrogen) atoms. The highest BCUT2D eigenvalue weighted by molar-refractivity contribution is 7.98. The van der Waals surface area contributed by atoms with Crippen molar-refractivity contribution >= 4 is 34.5 Å². The van der Waals surface area contributed by atoms with Crippen LogP contribution in [-0.4, -0.2) is 40.9 Å². The molecule has 3 rings (SSSR count). The zero-order valence-corrected chi connectivity index (χ0v) is 14.8. The van der Waals surface area contributed by atoms with Crippen LogP contribution in [-0.2, 0) is 9.59 Å². The summed E-state index contributed by atoms with van der Waals surface area (Å²) in [6.07, 6.45) is 5.58. The Kier molecular flexibility index (Phi) is 5.14. The highest BCUT2D eigenvalue weighted by Crippen LogP contribution is 2.28. The third-order valence-electron chi connectivity index (χ3n) is 4.67. The summed E-state index contributed by atoms with van der Waals surface area (Å²) in [5.74, 6) is 0.723. The number of aromatic nitrogens is 1. The van der Waals surface area contributed by atoms with Crippen LogP contribution in [0.2, 0.25) is 0 Å². The molecule has 1 saturated heterocycles. The fourth-order valence-electron chi connectivity index (χ4n) is 3.28. The number of thioether (sulfide) groups is 1. The van der Waals surface area contributed by atoms with Gasteiger partial charge in [-0.25, -0.2) is 0 Å². The first-order chi connectivity index (χ1) is 11.6. The largest absolute Gasteiger partial charge is 0.361 e. The fraction of sp³-hybridized carbons (Fsp3) is 0.444. The van der Waals surface area contributed by atoms with Gasteiger partial charge in [-0.2, -0.15) is 11.8 Å². The third kappa shape index (κ3) is 3.29. The highest BCUT2D eigenvalue weighted by Gasteiger charge is 2.37. The van der Waals surface area contributed by atoms with E-state index in [1.807, 2.05) is 43.6 Å². The lowest BCUT2D eigenvalue weighted by Gasteiger charge is -2.32. The van der Waals surface area contributed by atoms with Crippen molar-refractivity contribution in [2.45, 2.75) is 37.8 Å². The van der Waals surface area contributed by atoms with Crippen molar-refractivity contribution < 1.29 is 9.59 Å². The molecule has 0 radical (unpaired) electrons. The first-order valence-electron chi connectivity index (χ1n) is 8.27.